The fourth-order valence-electron chi connectivity index (χ4n) is 3.07. The van der Waals surface area contributed by atoms with E-state index in [-0.39, 0.29) is 0 Å². The van der Waals surface area contributed by atoms with Crippen LogP contribution in [0.4, 0.5) is 0 Å². The lowest BCUT2D eigenvalue weighted by molar-refractivity contribution is 0.326. The van der Waals surface area contributed by atoms with E-state index in [1.807, 2.05) is 12.1 Å². The average molecular weight is 322 g/mol. The second-order valence-electron chi connectivity index (χ2n) is 6.32. The Bertz CT molecular complexity index is 761. The van der Waals surface area contributed by atoms with Gasteiger partial charge in [0.15, 0.2) is 0 Å². The van der Waals surface area contributed by atoms with Gasteiger partial charge in [-0.25, -0.2) is 0 Å². The Labute approximate surface area is 144 Å². The van der Waals surface area contributed by atoms with Gasteiger partial charge in [-0.15, -0.1) is 0 Å². The van der Waals surface area contributed by atoms with Crippen LogP contribution >= 0.6 is 0 Å². The molecule has 3 rings (SSSR count). The highest BCUT2D eigenvalue weighted by molar-refractivity contribution is 5.79. The molecule has 3 aromatic rings. The third-order valence-corrected chi connectivity index (χ3v) is 4.56. The highest BCUT2D eigenvalue weighted by atomic mass is 16.5. The molecule has 0 saturated heterocycles. The molecule has 126 valence electrons. The number of hydrogen-bond acceptors (Lipinski definition) is 2. The smallest absolute Gasteiger partial charge is 0.118 e. The van der Waals surface area contributed by atoms with Crippen LogP contribution in [0.2, 0.25) is 0 Å². The first-order chi connectivity index (χ1) is 11.8. The standard InChI is InChI=1S/C21H26N2O/c1-22(16-12-18-8-10-20(24-2)11-9-18)14-5-15-23-17-13-19-6-3-4-7-21(19)23/h3-4,6-11,13,17H,5,12,14-16H2,1-2H3. The number of hydrogen-bond donors (Lipinski definition) is 0. The Kier molecular flexibility index (Phi) is 5.55. The van der Waals surface area contributed by atoms with Crippen LogP contribution in [-0.2, 0) is 13.0 Å². The molecule has 0 unspecified atom stereocenters. The number of methoxy groups -OCH3 is 1. The number of aryl methyl sites for hydroxylation is 1. The summed E-state index contributed by atoms with van der Waals surface area (Å²) < 4.78 is 7.55. The van der Waals surface area contributed by atoms with Gasteiger partial charge in [-0.05, 0) is 61.6 Å². The summed E-state index contributed by atoms with van der Waals surface area (Å²) in [5, 5.41) is 1.32. The van der Waals surface area contributed by atoms with Crippen molar-refractivity contribution in [2.24, 2.45) is 0 Å². The second-order valence-corrected chi connectivity index (χ2v) is 6.32. The highest BCUT2D eigenvalue weighted by Crippen LogP contribution is 2.15. The maximum Gasteiger partial charge on any atom is 0.118 e. The molecular formula is C21H26N2O. The van der Waals surface area contributed by atoms with E-state index in [1.165, 1.54) is 16.5 Å². The first-order valence-electron chi connectivity index (χ1n) is 8.61. The molecule has 0 aliphatic heterocycles. The summed E-state index contributed by atoms with van der Waals surface area (Å²) >= 11 is 0. The van der Waals surface area contributed by atoms with Gasteiger partial charge in [0, 0.05) is 24.8 Å². The van der Waals surface area contributed by atoms with E-state index >= 15 is 0 Å². The molecule has 0 radical (unpaired) electrons. The van der Waals surface area contributed by atoms with Crippen molar-refractivity contribution in [1.29, 1.82) is 0 Å². The summed E-state index contributed by atoms with van der Waals surface area (Å²) in [4.78, 5) is 2.41. The molecule has 1 aromatic heterocycles. The normalized spacial score (nSPS) is 11.3. The van der Waals surface area contributed by atoms with Gasteiger partial charge in [-0.1, -0.05) is 30.3 Å². The lowest BCUT2D eigenvalue weighted by Gasteiger charge is -2.17. The molecule has 1 heterocycles. The molecule has 2 aromatic carbocycles. The summed E-state index contributed by atoms with van der Waals surface area (Å²) in [7, 11) is 3.91. The molecule has 0 bridgehead atoms. The zero-order valence-corrected chi connectivity index (χ0v) is 14.6. The molecule has 0 amide bonds. The molecule has 0 N–H and O–H groups in total. The number of likely N-dealkylation sites (N-methyl/N-ethyl adjacent to an activating group) is 1. The van der Waals surface area contributed by atoms with E-state index in [4.69, 9.17) is 4.74 Å². The van der Waals surface area contributed by atoms with Crippen molar-refractivity contribution in [3.63, 3.8) is 0 Å². The molecule has 0 atom stereocenters. The minimum atomic E-state index is 0.922. The van der Waals surface area contributed by atoms with Gasteiger partial charge in [0.1, 0.15) is 5.75 Å². The molecule has 0 aliphatic carbocycles. The van der Waals surface area contributed by atoms with Crippen LogP contribution in [-0.4, -0.2) is 36.7 Å². The first kappa shape index (κ1) is 16.6. The van der Waals surface area contributed by atoms with Crippen molar-refractivity contribution in [1.82, 2.24) is 9.47 Å². The minimum Gasteiger partial charge on any atom is -0.497 e. The third-order valence-electron chi connectivity index (χ3n) is 4.56. The van der Waals surface area contributed by atoms with Crippen molar-refractivity contribution >= 4 is 10.9 Å². The number of aromatic nitrogens is 1. The van der Waals surface area contributed by atoms with Crippen molar-refractivity contribution < 1.29 is 4.74 Å². The number of benzene rings is 2. The lowest BCUT2D eigenvalue weighted by Crippen LogP contribution is -2.23. The van der Waals surface area contributed by atoms with E-state index in [0.717, 1.165) is 38.2 Å². The third kappa shape index (κ3) is 4.18. The van der Waals surface area contributed by atoms with Crippen LogP contribution in [0.25, 0.3) is 10.9 Å². The van der Waals surface area contributed by atoms with Gasteiger partial charge in [0.2, 0.25) is 0 Å². The van der Waals surface area contributed by atoms with Gasteiger partial charge in [0.05, 0.1) is 7.11 Å². The van der Waals surface area contributed by atoms with Crippen LogP contribution in [0.5, 0.6) is 5.75 Å². The first-order valence-corrected chi connectivity index (χ1v) is 8.61. The fourth-order valence-corrected chi connectivity index (χ4v) is 3.07. The quantitative estimate of drug-likeness (QED) is 0.618. The van der Waals surface area contributed by atoms with E-state index in [0.29, 0.717) is 0 Å². The fraction of sp³-hybridized carbons (Fsp3) is 0.333. The minimum absolute atomic E-state index is 0.922. The summed E-state index contributed by atoms with van der Waals surface area (Å²) in [5.74, 6) is 0.922. The molecule has 0 aliphatic rings. The zero-order valence-electron chi connectivity index (χ0n) is 14.6. The monoisotopic (exact) mass is 322 g/mol. The van der Waals surface area contributed by atoms with Crippen LogP contribution in [0.1, 0.15) is 12.0 Å². The lowest BCUT2D eigenvalue weighted by atomic mass is 10.1. The van der Waals surface area contributed by atoms with Gasteiger partial charge in [-0.3, -0.25) is 0 Å². The predicted octanol–water partition coefficient (Wildman–Crippen LogP) is 4.21. The SMILES string of the molecule is COc1ccc(CCN(C)CCCn2ccc3ccccc32)cc1. The molecular weight excluding hydrogens is 296 g/mol. The zero-order chi connectivity index (χ0) is 16.8. The number of rotatable bonds is 8. The van der Waals surface area contributed by atoms with Crippen molar-refractivity contribution in [3.8, 4) is 5.75 Å². The van der Waals surface area contributed by atoms with Crippen LogP contribution < -0.4 is 4.74 Å². The average Bonchev–Trinajstić information content (AvgIpc) is 3.04. The molecule has 0 spiro atoms. The Morgan fingerprint density at radius 2 is 1.75 bits per heavy atom. The number of nitrogens with zero attached hydrogens (tertiary/aromatic N) is 2. The predicted molar refractivity (Wildman–Crippen MR) is 101 cm³/mol. The van der Waals surface area contributed by atoms with Gasteiger partial charge in [-0.2, -0.15) is 0 Å². The molecule has 3 heteroatoms. The topological polar surface area (TPSA) is 17.4 Å². The van der Waals surface area contributed by atoms with Crippen molar-refractivity contribution in [2.45, 2.75) is 19.4 Å². The maximum absolute atomic E-state index is 5.20. The van der Waals surface area contributed by atoms with E-state index < -0.39 is 0 Å². The Morgan fingerprint density at radius 1 is 0.958 bits per heavy atom. The van der Waals surface area contributed by atoms with Gasteiger partial charge < -0.3 is 14.2 Å². The molecule has 0 saturated carbocycles. The summed E-state index contributed by atoms with van der Waals surface area (Å²) in [6.07, 6.45) is 4.44. The Hall–Kier alpha value is -2.26. The second kappa shape index (κ2) is 8.02. The summed E-state index contributed by atoms with van der Waals surface area (Å²) in [6, 6.07) is 19.1. The number of para-hydroxylation sites is 1. The van der Waals surface area contributed by atoms with Gasteiger partial charge in [0.25, 0.3) is 0 Å². The number of fused-ring (bicyclic) bond motifs is 1. The van der Waals surface area contributed by atoms with Crippen LogP contribution in [0.3, 0.4) is 0 Å². The van der Waals surface area contributed by atoms with E-state index in [2.05, 4.69) is 65.2 Å². The Balaban J connectivity index is 1.43. The van der Waals surface area contributed by atoms with E-state index in [1.54, 1.807) is 7.11 Å². The molecule has 3 nitrogen and oxygen atoms in total. The Morgan fingerprint density at radius 3 is 2.54 bits per heavy atom. The van der Waals surface area contributed by atoms with Crippen molar-refractivity contribution in [3.05, 3.63) is 66.4 Å². The highest BCUT2D eigenvalue weighted by Gasteiger charge is 2.03. The number of ether oxygens (including phenoxy) is 1. The van der Waals surface area contributed by atoms with Gasteiger partial charge >= 0.3 is 0 Å². The van der Waals surface area contributed by atoms with E-state index in [9.17, 15) is 0 Å². The maximum atomic E-state index is 5.20. The summed E-state index contributed by atoms with van der Waals surface area (Å²) in [5.41, 5.74) is 2.69. The van der Waals surface area contributed by atoms with Crippen LogP contribution in [0, 0.1) is 0 Å². The van der Waals surface area contributed by atoms with Crippen molar-refractivity contribution in [2.75, 3.05) is 27.2 Å². The van der Waals surface area contributed by atoms with Crippen LogP contribution in [0.15, 0.2) is 60.8 Å². The molecule has 24 heavy (non-hydrogen) atoms. The summed E-state index contributed by atoms with van der Waals surface area (Å²) in [6.45, 7) is 3.27. The largest absolute Gasteiger partial charge is 0.497 e. The molecule has 0 fully saturated rings.